The molecular weight excluding hydrogens is 226 g/mol. The van der Waals surface area contributed by atoms with Crippen LogP contribution in [0, 0.1) is 5.92 Å². The van der Waals surface area contributed by atoms with Gasteiger partial charge in [-0.1, -0.05) is 13.8 Å². The fourth-order valence-electron chi connectivity index (χ4n) is 2.24. The molecule has 1 aromatic heterocycles. The van der Waals surface area contributed by atoms with Gasteiger partial charge in [-0.3, -0.25) is 0 Å². The Balaban J connectivity index is 2.52. The van der Waals surface area contributed by atoms with Gasteiger partial charge in [-0.05, 0) is 31.5 Å². The lowest BCUT2D eigenvalue weighted by molar-refractivity contribution is 0.414. The summed E-state index contributed by atoms with van der Waals surface area (Å²) in [5.41, 5.74) is 2.23. The Bertz CT molecular complexity index is 529. The van der Waals surface area contributed by atoms with Crippen LogP contribution in [-0.4, -0.2) is 14.2 Å². The van der Waals surface area contributed by atoms with Crippen molar-refractivity contribution in [1.29, 1.82) is 0 Å². The molecule has 0 saturated heterocycles. The van der Waals surface area contributed by atoms with Gasteiger partial charge in [0.2, 0.25) is 0 Å². The molecule has 0 fully saturated rings. The first-order valence-electron chi connectivity index (χ1n) is 6.38. The molecule has 98 valence electrons. The number of fused-ring (bicyclic) bond motifs is 1. The molecule has 2 rings (SSSR count). The number of hydrogen-bond acceptors (Lipinski definition) is 3. The summed E-state index contributed by atoms with van der Waals surface area (Å²) in [7, 11) is 3.61. The average molecular weight is 247 g/mol. The molecule has 1 heterocycles. The lowest BCUT2D eigenvalue weighted by Crippen LogP contribution is -2.07. The van der Waals surface area contributed by atoms with E-state index in [1.54, 1.807) is 7.11 Å². The number of methoxy groups -OCH3 is 1. The first-order chi connectivity index (χ1) is 8.65. The van der Waals surface area contributed by atoms with Crippen LogP contribution < -0.4 is 10.1 Å². The molecule has 3 nitrogen and oxygen atoms in total. The smallest absolute Gasteiger partial charge is 0.138 e. The van der Waals surface area contributed by atoms with Crippen molar-refractivity contribution < 1.29 is 9.15 Å². The minimum Gasteiger partial charge on any atom is -0.497 e. The molecule has 2 aromatic rings. The normalized spacial score (nSPS) is 11.4. The second kappa shape index (κ2) is 5.44. The van der Waals surface area contributed by atoms with Crippen LogP contribution >= 0.6 is 0 Å². The molecule has 1 N–H and O–H groups in total. The number of hydrogen-bond donors (Lipinski definition) is 1. The molecule has 0 amide bonds. The van der Waals surface area contributed by atoms with Crippen molar-refractivity contribution in [3.05, 3.63) is 29.5 Å². The van der Waals surface area contributed by atoms with E-state index in [4.69, 9.17) is 9.15 Å². The number of ether oxygens (including phenoxy) is 1. The second-order valence-electron chi connectivity index (χ2n) is 4.99. The molecule has 0 aliphatic carbocycles. The molecule has 0 atom stereocenters. The predicted octanol–water partition coefficient (Wildman–Crippen LogP) is 3.36. The summed E-state index contributed by atoms with van der Waals surface area (Å²) in [6.07, 6.45) is 1.04. The standard InChI is InChI=1S/C15H21NO2/c1-10(2)7-13-12-6-5-11(17-4)8-14(12)18-15(13)9-16-3/h5-6,8,10,16H,7,9H2,1-4H3. The van der Waals surface area contributed by atoms with Crippen LogP contribution in [0.2, 0.25) is 0 Å². The van der Waals surface area contributed by atoms with Crippen molar-refractivity contribution in [1.82, 2.24) is 5.32 Å². The summed E-state index contributed by atoms with van der Waals surface area (Å²) in [4.78, 5) is 0. The Labute approximate surface area is 108 Å². The number of rotatable bonds is 5. The van der Waals surface area contributed by atoms with E-state index in [0.29, 0.717) is 5.92 Å². The summed E-state index contributed by atoms with van der Waals surface area (Å²) in [6, 6.07) is 6.04. The first kappa shape index (κ1) is 13.0. The van der Waals surface area contributed by atoms with Gasteiger partial charge in [-0.25, -0.2) is 0 Å². The van der Waals surface area contributed by atoms with Gasteiger partial charge >= 0.3 is 0 Å². The Morgan fingerprint density at radius 1 is 1.33 bits per heavy atom. The van der Waals surface area contributed by atoms with E-state index in [1.165, 1.54) is 10.9 Å². The molecule has 18 heavy (non-hydrogen) atoms. The van der Waals surface area contributed by atoms with Crippen molar-refractivity contribution in [3.63, 3.8) is 0 Å². The Kier molecular flexibility index (Phi) is 3.92. The topological polar surface area (TPSA) is 34.4 Å². The maximum Gasteiger partial charge on any atom is 0.138 e. The average Bonchev–Trinajstić information content (AvgIpc) is 2.66. The minimum absolute atomic E-state index is 0.614. The van der Waals surface area contributed by atoms with Crippen LogP contribution in [0.4, 0.5) is 0 Å². The van der Waals surface area contributed by atoms with E-state index < -0.39 is 0 Å². The molecule has 0 aliphatic heterocycles. The van der Waals surface area contributed by atoms with E-state index in [-0.39, 0.29) is 0 Å². The maximum absolute atomic E-state index is 5.94. The van der Waals surface area contributed by atoms with Gasteiger partial charge in [0.25, 0.3) is 0 Å². The molecule has 0 saturated carbocycles. The van der Waals surface area contributed by atoms with Gasteiger partial charge < -0.3 is 14.5 Å². The third-order valence-electron chi connectivity index (χ3n) is 3.03. The zero-order chi connectivity index (χ0) is 13.1. The highest BCUT2D eigenvalue weighted by atomic mass is 16.5. The Hall–Kier alpha value is -1.48. The summed E-state index contributed by atoms with van der Waals surface area (Å²) < 4.78 is 11.2. The van der Waals surface area contributed by atoms with Crippen LogP contribution in [0.3, 0.4) is 0 Å². The molecule has 0 radical (unpaired) electrons. The molecule has 1 aromatic carbocycles. The largest absolute Gasteiger partial charge is 0.497 e. The highest BCUT2D eigenvalue weighted by molar-refractivity contribution is 5.83. The van der Waals surface area contributed by atoms with E-state index in [2.05, 4.69) is 25.2 Å². The molecule has 0 spiro atoms. The van der Waals surface area contributed by atoms with Gasteiger partial charge in [-0.2, -0.15) is 0 Å². The van der Waals surface area contributed by atoms with Gasteiger partial charge in [0, 0.05) is 17.0 Å². The van der Waals surface area contributed by atoms with Gasteiger partial charge in [0.1, 0.15) is 17.1 Å². The third kappa shape index (κ3) is 2.51. The fraction of sp³-hybridized carbons (Fsp3) is 0.467. The van der Waals surface area contributed by atoms with Crippen molar-refractivity contribution in [2.75, 3.05) is 14.2 Å². The summed E-state index contributed by atoms with van der Waals surface area (Å²) >= 11 is 0. The van der Waals surface area contributed by atoms with E-state index >= 15 is 0 Å². The number of furan rings is 1. The zero-order valence-electron chi connectivity index (χ0n) is 11.5. The Morgan fingerprint density at radius 3 is 2.72 bits per heavy atom. The Morgan fingerprint density at radius 2 is 2.11 bits per heavy atom. The predicted molar refractivity (Wildman–Crippen MR) is 74.1 cm³/mol. The molecular formula is C15H21NO2. The van der Waals surface area contributed by atoms with Gasteiger partial charge in [0.15, 0.2) is 0 Å². The summed E-state index contributed by atoms with van der Waals surface area (Å²) in [6.45, 7) is 5.22. The maximum atomic E-state index is 5.94. The van der Waals surface area contributed by atoms with E-state index in [1.807, 2.05) is 19.2 Å². The second-order valence-corrected chi connectivity index (χ2v) is 4.99. The summed E-state index contributed by atoms with van der Waals surface area (Å²) in [5.74, 6) is 2.49. The SMILES string of the molecule is CNCc1oc2cc(OC)ccc2c1CC(C)C. The highest BCUT2D eigenvalue weighted by Gasteiger charge is 2.15. The minimum atomic E-state index is 0.614. The molecule has 0 bridgehead atoms. The van der Waals surface area contributed by atoms with Gasteiger partial charge in [0.05, 0.1) is 13.7 Å². The molecule has 0 aliphatic rings. The lowest BCUT2D eigenvalue weighted by Gasteiger charge is -2.05. The summed E-state index contributed by atoms with van der Waals surface area (Å²) in [5, 5.41) is 4.37. The quantitative estimate of drug-likeness (QED) is 0.879. The number of benzene rings is 1. The zero-order valence-corrected chi connectivity index (χ0v) is 11.5. The highest BCUT2D eigenvalue weighted by Crippen LogP contribution is 2.30. The molecule has 3 heteroatoms. The van der Waals surface area contributed by atoms with Crippen LogP contribution in [0.25, 0.3) is 11.0 Å². The molecule has 0 unspecified atom stereocenters. The monoisotopic (exact) mass is 247 g/mol. The van der Waals surface area contributed by atoms with Crippen LogP contribution in [-0.2, 0) is 13.0 Å². The van der Waals surface area contributed by atoms with E-state index in [0.717, 1.165) is 30.1 Å². The van der Waals surface area contributed by atoms with Gasteiger partial charge in [-0.15, -0.1) is 0 Å². The van der Waals surface area contributed by atoms with Crippen LogP contribution in [0.5, 0.6) is 5.75 Å². The van der Waals surface area contributed by atoms with E-state index in [9.17, 15) is 0 Å². The van der Waals surface area contributed by atoms with Crippen molar-refractivity contribution in [2.24, 2.45) is 5.92 Å². The van der Waals surface area contributed by atoms with Crippen LogP contribution in [0.15, 0.2) is 22.6 Å². The van der Waals surface area contributed by atoms with Crippen LogP contribution in [0.1, 0.15) is 25.2 Å². The third-order valence-corrected chi connectivity index (χ3v) is 3.03. The first-order valence-corrected chi connectivity index (χ1v) is 6.38. The number of nitrogens with one attached hydrogen (secondary N) is 1. The van der Waals surface area contributed by atoms with Crippen molar-refractivity contribution in [3.8, 4) is 5.75 Å². The fourth-order valence-corrected chi connectivity index (χ4v) is 2.24. The van der Waals surface area contributed by atoms with Crippen molar-refractivity contribution in [2.45, 2.75) is 26.8 Å². The van der Waals surface area contributed by atoms with Crippen molar-refractivity contribution >= 4 is 11.0 Å². The lowest BCUT2D eigenvalue weighted by atomic mass is 10.00.